The van der Waals surface area contributed by atoms with Gasteiger partial charge < -0.3 is 5.32 Å². The second-order valence-electron chi connectivity index (χ2n) is 5.84. The molecule has 0 saturated heterocycles. The van der Waals surface area contributed by atoms with E-state index in [2.05, 4.69) is 10.3 Å². The van der Waals surface area contributed by atoms with Crippen molar-refractivity contribution < 1.29 is 4.79 Å². The van der Waals surface area contributed by atoms with E-state index in [1.807, 2.05) is 17.5 Å². The van der Waals surface area contributed by atoms with Gasteiger partial charge in [-0.05, 0) is 30.2 Å². The molecule has 0 aromatic carbocycles. The van der Waals surface area contributed by atoms with E-state index in [4.69, 9.17) is 0 Å². The number of aromatic amines is 1. The summed E-state index contributed by atoms with van der Waals surface area (Å²) in [6.07, 6.45) is 5.96. The van der Waals surface area contributed by atoms with Gasteiger partial charge >= 0.3 is 5.69 Å². The van der Waals surface area contributed by atoms with Crippen molar-refractivity contribution in [3.63, 3.8) is 0 Å². The van der Waals surface area contributed by atoms with Crippen LogP contribution in [0.15, 0.2) is 39.4 Å². The highest BCUT2D eigenvalue weighted by Crippen LogP contribution is 2.37. The molecule has 2 heterocycles. The highest BCUT2D eigenvalue weighted by molar-refractivity contribution is 7.10. The summed E-state index contributed by atoms with van der Waals surface area (Å²) in [6, 6.07) is 5.27. The van der Waals surface area contributed by atoms with Crippen LogP contribution in [0.1, 0.15) is 36.6 Å². The van der Waals surface area contributed by atoms with Crippen LogP contribution >= 0.6 is 11.3 Å². The Balaban J connectivity index is 1.73. The number of aromatic nitrogens is 2. The molecule has 1 amide bonds. The summed E-state index contributed by atoms with van der Waals surface area (Å²) in [7, 11) is 0. The van der Waals surface area contributed by atoms with Crippen molar-refractivity contribution in [1.29, 1.82) is 0 Å². The van der Waals surface area contributed by atoms with Gasteiger partial charge in [0.2, 0.25) is 5.91 Å². The molecule has 122 valence electrons. The molecular weight excluding hydrogens is 314 g/mol. The molecule has 0 bridgehead atoms. The molecule has 0 spiro atoms. The lowest BCUT2D eigenvalue weighted by Gasteiger charge is -2.24. The van der Waals surface area contributed by atoms with E-state index in [9.17, 15) is 14.4 Å². The van der Waals surface area contributed by atoms with Crippen molar-refractivity contribution in [3.8, 4) is 0 Å². The molecule has 1 unspecified atom stereocenters. The minimum atomic E-state index is -0.568. The van der Waals surface area contributed by atoms with E-state index in [0.717, 1.165) is 17.7 Å². The van der Waals surface area contributed by atoms with Crippen LogP contribution < -0.4 is 16.6 Å². The fourth-order valence-electron chi connectivity index (χ4n) is 3.12. The number of carbonyl (C=O) groups excluding carboxylic acids is 1. The molecule has 2 N–H and O–H groups in total. The molecule has 1 aliphatic carbocycles. The number of carbonyl (C=O) groups is 1. The Morgan fingerprint density at radius 1 is 1.35 bits per heavy atom. The molecular formula is C16H19N3O3S. The number of thiophene rings is 1. The van der Waals surface area contributed by atoms with Gasteiger partial charge in [-0.2, -0.15) is 0 Å². The molecule has 2 aromatic heterocycles. The van der Waals surface area contributed by atoms with Gasteiger partial charge in [-0.15, -0.1) is 11.3 Å². The number of nitrogens with one attached hydrogen (secondary N) is 2. The van der Waals surface area contributed by atoms with Crippen molar-refractivity contribution in [2.24, 2.45) is 5.92 Å². The summed E-state index contributed by atoms with van der Waals surface area (Å²) in [4.78, 5) is 38.4. The van der Waals surface area contributed by atoms with Crippen molar-refractivity contribution in [2.75, 3.05) is 0 Å². The molecule has 6 nitrogen and oxygen atoms in total. The lowest BCUT2D eigenvalue weighted by molar-refractivity contribution is -0.122. The Bertz CT molecular complexity index is 772. The maximum Gasteiger partial charge on any atom is 0.328 e. The number of hydrogen-bond donors (Lipinski definition) is 2. The lowest BCUT2D eigenvalue weighted by Crippen LogP contribution is -2.38. The van der Waals surface area contributed by atoms with E-state index in [0.29, 0.717) is 5.92 Å². The van der Waals surface area contributed by atoms with Crippen LogP contribution in [0.2, 0.25) is 0 Å². The van der Waals surface area contributed by atoms with Crippen LogP contribution in [0.3, 0.4) is 0 Å². The molecule has 1 fully saturated rings. The molecule has 1 atom stereocenters. The van der Waals surface area contributed by atoms with Crippen LogP contribution in [0.4, 0.5) is 0 Å². The van der Waals surface area contributed by atoms with Crippen LogP contribution in [0.5, 0.6) is 0 Å². The fourth-order valence-corrected chi connectivity index (χ4v) is 3.99. The number of nitrogens with zero attached hydrogens (tertiary/aromatic N) is 1. The maximum absolute atomic E-state index is 12.4. The van der Waals surface area contributed by atoms with Crippen molar-refractivity contribution in [3.05, 3.63) is 55.5 Å². The number of rotatable bonds is 5. The molecule has 1 aliphatic rings. The number of H-pyrrole nitrogens is 1. The zero-order chi connectivity index (χ0) is 16.2. The third-order valence-electron chi connectivity index (χ3n) is 4.25. The van der Waals surface area contributed by atoms with Crippen molar-refractivity contribution in [2.45, 2.75) is 38.3 Å². The standard InChI is InChI=1S/C16H19N3O3S/c20-13-7-8-19(16(22)18-13)10-14(21)17-15(11-4-1-2-5-11)12-6-3-9-23-12/h3,6-9,11,15H,1-2,4-5,10H2,(H,17,21)(H,18,20,22). The molecule has 0 radical (unpaired) electrons. The summed E-state index contributed by atoms with van der Waals surface area (Å²) in [5.74, 6) is 0.231. The quantitative estimate of drug-likeness (QED) is 0.872. The van der Waals surface area contributed by atoms with Crippen LogP contribution in [-0.4, -0.2) is 15.5 Å². The lowest BCUT2D eigenvalue weighted by atomic mass is 9.96. The fraction of sp³-hybridized carbons (Fsp3) is 0.438. The second-order valence-corrected chi connectivity index (χ2v) is 6.82. The highest BCUT2D eigenvalue weighted by Gasteiger charge is 2.28. The van der Waals surface area contributed by atoms with Gasteiger partial charge in [0.25, 0.3) is 5.56 Å². The van der Waals surface area contributed by atoms with Gasteiger partial charge in [0.1, 0.15) is 6.54 Å². The van der Waals surface area contributed by atoms with Gasteiger partial charge in [0, 0.05) is 17.1 Å². The average molecular weight is 333 g/mol. The predicted molar refractivity (Wildman–Crippen MR) is 88.5 cm³/mol. The summed E-state index contributed by atoms with van der Waals surface area (Å²) in [5.41, 5.74) is -1.03. The summed E-state index contributed by atoms with van der Waals surface area (Å²) in [6.45, 7) is -0.0930. The van der Waals surface area contributed by atoms with Crippen molar-refractivity contribution >= 4 is 17.2 Å². The topological polar surface area (TPSA) is 84.0 Å². The Hall–Kier alpha value is -2.15. The largest absolute Gasteiger partial charge is 0.347 e. The zero-order valence-electron chi connectivity index (χ0n) is 12.7. The summed E-state index contributed by atoms with van der Waals surface area (Å²) in [5, 5.41) is 5.08. The van der Waals surface area contributed by atoms with Crippen LogP contribution in [0, 0.1) is 5.92 Å². The van der Waals surface area contributed by atoms with Gasteiger partial charge in [-0.1, -0.05) is 18.9 Å². The molecule has 1 saturated carbocycles. The smallest absolute Gasteiger partial charge is 0.328 e. The molecule has 7 heteroatoms. The van der Waals surface area contributed by atoms with E-state index < -0.39 is 11.2 Å². The zero-order valence-corrected chi connectivity index (χ0v) is 13.5. The molecule has 23 heavy (non-hydrogen) atoms. The van der Waals surface area contributed by atoms with Gasteiger partial charge in [0.05, 0.1) is 6.04 Å². The highest BCUT2D eigenvalue weighted by atomic mass is 32.1. The van der Waals surface area contributed by atoms with E-state index >= 15 is 0 Å². The monoisotopic (exact) mass is 333 g/mol. The summed E-state index contributed by atoms with van der Waals surface area (Å²) >= 11 is 1.64. The van der Waals surface area contributed by atoms with Crippen molar-refractivity contribution in [1.82, 2.24) is 14.9 Å². The number of amides is 1. The Labute approximate surface area is 137 Å². The first kappa shape index (κ1) is 15.7. The Morgan fingerprint density at radius 2 is 2.13 bits per heavy atom. The Morgan fingerprint density at radius 3 is 2.78 bits per heavy atom. The van der Waals surface area contributed by atoms with Gasteiger partial charge in [-0.3, -0.25) is 19.1 Å². The Kier molecular flexibility index (Phi) is 4.76. The first-order valence-corrected chi connectivity index (χ1v) is 8.64. The van der Waals surface area contributed by atoms with Crippen LogP contribution in [0.25, 0.3) is 0 Å². The molecule has 2 aromatic rings. The van der Waals surface area contributed by atoms with Crippen LogP contribution in [-0.2, 0) is 11.3 Å². The van der Waals surface area contributed by atoms with Gasteiger partial charge in [0.15, 0.2) is 0 Å². The first-order valence-electron chi connectivity index (χ1n) is 7.76. The van der Waals surface area contributed by atoms with E-state index in [1.165, 1.54) is 29.7 Å². The molecule has 3 rings (SSSR count). The SMILES string of the molecule is O=C(Cn1ccc(=O)[nH]c1=O)NC(c1cccs1)C1CCCC1. The number of hydrogen-bond acceptors (Lipinski definition) is 4. The van der Waals surface area contributed by atoms with Gasteiger partial charge in [-0.25, -0.2) is 4.79 Å². The minimum Gasteiger partial charge on any atom is -0.347 e. The third kappa shape index (κ3) is 3.79. The third-order valence-corrected chi connectivity index (χ3v) is 5.20. The molecule has 0 aliphatic heterocycles. The summed E-state index contributed by atoms with van der Waals surface area (Å²) < 4.78 is 1.21. The normalized spacial score (nSPS) is 16.3. The average Bonchev–Trinajstić information content (AvgIpc) is 3.21. The second kappa shape index (κ2) is 6.95. The first-order chi connectivity index (χ1) is 11.1. The maximum atomic E-state index is 12.4. The van der Waals surface area contributed by atoms with E-state index in [1.54, 1.807) is 11.3 Å². The predicted octanol–water partition coefficient (Wildman–Crippen LogP) is 1.65. The van der Waals surface area contributed by atoms with E-state index in [-0.39, 0.29) is 18.5 Å². The minimum absolute atomic E-state index is 0.00321.